The van der Waals surface area contributed by atoms with E-state index in [2.05, 4.69) is 43.1 Å². The fourth-order valence-corrected chi connectivity index (χ4v) is 4.53. The molecule has 2 aromatic carbocycles. The molecule has 2 aromatic rings. The van der Waals surface area contributed by atoms with Crippen molar-refractivity contribution in [2.45, 2.75) is 57.1 Å². The van der Waals surface area contributed by atoms with Crippen LogP contribution in [0.25, 0.3) is 0 Å². The van der Waals surface area contributed by atoms with Gasteiger partial charge in [-0.1, -0.05) is 93.3 Å². The molecule has 1 saturated carbocycles. The molecule has 1 atom stereocenters. The van der Waals surface area contributed by atoms with Crippen molar-refractivity contribution in [2.75, 3.05) is 13.6 Å². The summed E-state index contributed by atoms with van der Waals surface area (Å²) in [5.41, 5.74) is 0.988. The second-order valence-electron chi connectivity index (χ2n) is 7.98. The molecule has 0 saturated heterocycles. The van der Waals surface area contributed by atoms with Gasteiger partial charge in [0.1, 0.15) is 5.60 Å². The fourth-order valence-electron chi connectivity index (χ4n) is 4.53. The van der Waals surface area contributed by atoms with Gasteiger partial charge in [-0.2, -0.15) is 0 Å². The standard InChI is InChI=1S/C24H33NO/c1-20(19-25(2)23-17-11-3-4-12-18-23)24(26,21-13-7-5-8-14-21)22-15-9-6-10-16-22/h5-10,13-16,20,23,26H,3-4,11-12,17-19H2,1-2H3. The van der Waals surface area contributed by atoms with E-state index in [-0.39, 0.29) is 5.92 Å². The Kier molecular flexibility index (Phi) is 6.50. The summed E-state index contributed by atoms with van der Waals surface area (Å²) in [6.07, 6.45) is 8.00. The van der Waals surface area contributed by atoms with E-state index in [0.29, 0.717) is 6.04 Å². The number of nitrogens with zero attached hydrogens (tertiary/aromatic N) is 1. The van der Waals surface area contributed by atoms with Crippen LogP contribution >= 0.6 is 0 Å². The van der Waals surface area contributed by atoms with Crippen LogP contribution in [0, 0.1) is 5.92 Å². The van der Waals surface area contributed by atoms with Gasteiger partial charge in [0, 0.05) is 18.5 Å². The van der Waals surface area contributed by atoms with Gasteiger partial charge in [-0.15, -0.1) is 0 Å². The zero-order chi connectivity index (χ0) is 18.4. The van der Waals surface area contributed by atoms with Crippen molar-refractivity contribution < 1.29 is 5.11 Å². The first-order chi connectivity index (χ1) is 12.6. The van der Waals surface area contributed by atoms with E-state index in [1.165, 1.54) is 38.5 Å². The van der Waals surface area contributed by atoms with Crippen LogP contribution in [0.1, 0.15) is 56.6 Å². The number of benzene rings is 2. The van der Waals surface area contributed by atoms with Crippen molar-refractivity contribution in [3.05, 3.63) is 71.8 Å². The molecule has 2 heteroatoms. The Morgan fingerprint density at radius 2 is 1.35 bits per heavy atom. The van der Waals surface area contributed by atoms with E-state index >= 15 is 0 Å². The largest absolute Gasteiger partial charge is 0.380 e. The lowest BCUT2D eigenvalue weighted by Crippen LogP contribution is -2.43. The van der Waals surface area contributed by atoms with Gasteiger partial charge in [-0.25, -0.2) is 0 Å². The highest BCUT2D eigenvalue weighted by molar-refractivity contribution is 5.36. The molecule has 0 heterocycles. The molecule has 1 unspecified atom stereocenters. The Morgan fingerprint density at radius 1 is 0.885 bits per heavy atom. The van der Waals surface area contributed by atoms with Gasteiger partial charge in [0.15, 0.2) is 0 Å². The first kappa shape index (κ1) is 19.1. The summed E-state index contributed by atoms with van der Waals surface area (Å²) in [6, 6.07) is 20.9. The third-order valence-electron chi connectivity index (χ3n) is 6.15. The Labute approximate surface area is 158 Å². The van der Waals surface area contributed by atoms with Crippen molar-refractivity contribution >= 4 is 0 Å². The summed E-state index contributed by atoms with van der Waals surface area (Å²) < 4.78 is 0. The first-order valence-corrected chi connectivity index (χ1v) is 10.2. The molecule has 1 aliphatic carbocycles. The predicted molar refractivity (Wildman–Crippen MR) is 109 cm³/mol. The maximum atomic E-state index is 11.9. The third kappa shape index (κ3) is 4.19. The van der Waals surface area contributed by atoms with E-state index in [9.17, 15) is 5.11 Å². The van der Waals surface area contributed by atoms with Gasteiger partial charge in [-0.05, 0) is 31.0 Å². The Balaban J connectivity index is 1.84. The smallest absolute Gasteiger partial charge is 0.118 e. The number of aliphatic hydroxyl groups is 1. The van der Waals surface area contributed by atoms with Crippen molar-refractivity contribution in [3.63, 3.8) is 0 Å². The van der Waals surface area contributed by atoms with Crippen molar-refractivity contribution in [2.24, 2.45) is 5.92 Å². The van der Waals surface area contributed by atoms with Crippen LogP contribution in [0.15, 0.2) is 60.7 Å². The Bertz CT molecular complexity index is 607. The summed E-state index contributed by atoms with van der Waals surface area (Å²) in [4.78, 5) is 2.49. The van der Waals surface area contributed by atoms with Crippen LogP contribution in [0.5, 0.6) is 0 Å². The van der Waals surface area contributed by atoms with E-state index in [1.807, 2.05) is 36.4 Å². The van der Waals surface area contributed by atoms with Crippen LogP contribution in [0.3, 0.4) is 0 Å². The highest BCUT2D eigenvalue weighted by Crippen LogP contribution is 2.37. The van der Waals surface area contributed by atoms with E-state index in [1.54, 1.807) is 0 Å². The molecule has 0 spiro atoms. The SMILES string of the molecule is CC(CN(C)C1CCCCCC1)C(O)(c1ccccc1)c1ccccc1. The molecule has 0 aromatic heterocycles. The van der Waals surface area contributed by atoms with E-state index in [0.717, 1.165) is 17.7 Å². The van der Waals surface area contributed by atoms with E-state index < -0.39 is 5.60 Å². The maximum absolute atomic E-state index is 11.9. The van der Waals surface area contributed by atoms with Crippen LogP contribution in [-0.4, -0.2) is 29.6 Å². The van der Waals surface area contributed by atoms with Crippen LogP contribution < -0.4 is 0 Å². The van der Waals surface area contributed by atoms with Gasteiger partial charge >= 0.3 is 0 Å². The molecule has 1 N–H and O–H groups in total. The molecule has 0 bridgehead atoms. The van der Waals surface area contributed by atoms with Crippen LogP contribution in [0.4, 0.5) is 0 Å². The summed E-state index contributed by atoms with van der Waals surface area (Å²) >= 11 is 0. The Hall–Kier alpha value is -1.64. The minimum Gasteiger partial charge on any atom is -0.380 e. The predicted octanol–water partition coefficient (Wildman–Crippen LogP) is 5.21. The van der Waals surface area contributed by atoms with Crippen LogP contribution in [-0.2, 0) is 5.60 Å². The lowest BCUT2D eigenvalue weighted by Gasteiger charge is -2.39. The summed E-state index contributed by atoms with van der Waals surface area (Å²) in [7, 11) is 2.24. The molecule has 3 rings (SSSR count). The zero-order valence-corrected chi connectivity index (χ0v) is 16.3. The lowest BCUT2D eigenvalue weighted by molar-refractivity contribution is 0.00436. The van der Waals surface area contributed by atoms with Crippen LogP contribution in [0.2, 0.25) is 0 Å². The van der Waals surface area contributed by atoms with Gasteiger partial charge in [0.05, 0.1) is 0 Å². The monoisotopic (exact) mass is 351 g/mol. The molecule has 2 nitrogen and oxygen atoms in total. The fraction of sp³-hybridized carbons (Fsp3) is 0.500. The molecule has 1 aliphatic rings. The lowest BCUT2D eigenvalue weighted by atomic mass is 9.76. The van der Waals surface area contributed by atoms with Gasteiger partial charge in [0.2, 0.25) is 0 Å². The van der Waals surface area contributed by atoms with Gasteiger partial charge in [0.25, 0.3) is 0 Å². The normalized spacial score (nSPS) is 17.8. The zero-order valence-electron chi connectivity index (χ0n) is 16.3. The second-order valence-corrected chi connectivity index (χ2v) is 7.98. The van der Waals surface area contributed by atoms with Gasteiger partial charge < -0.3 is 10.0 Å². The highest BCUT2D eigenvalue weighted by Gasteiger charge is 2.38. The maximum Gasteiger partial charge on any atom is 0.118 e. The molecule has 0 aliphatic heterocycles. The molecule has 0 amide bonds. The molecular weight excluding hydrogens is 318 g/mol. The first-order valence-electron chi connectivity index (χ1n) is 10.2. The van der Waals surface area contributed by atoms with Crippen molar-refractivity contribution in [1.82, 2.24) is 4.90 Å². The summed E-state index contributed by atoms with van der Waals surface area (Å²) in [5, 5.41) is 11.9. The average molecular weight is 352 g/mol. The topological polar surface area (TPSA) is 23.5 Å². The van der Waals surface area contributed by atoms with E-state index in [4.69, 9.17) is 0 Å². The summed E-state index contributed by atoms with van der Waals surface area (Å²) in [5.74, 6) is 0.0977. The minimum atomic E-state index is -0.971. The van der Waals surface area contributed by atoms with Gasteiger partial charge in [-0.3, -0.25) is 0 Å². The minimum absolute atomic E-state index is 0.0977. The molecule has 0 radical (unpaired) electrons. The average Bonchev–Trinajstić information content (AvgIpc) is 2.98. The second kappa shape index (κ2) is 8.83. The molecule has 1 fully saturated rings. The molecule has 140 valence electrons. The number of hydrogen-bond donors (Lipinski definition) is 1. The third-order valence-corrected chi connectivity index (χ3v) is 6.15. The Morgan fingerprint density at radius 3 is 1.81 bits per heavy atom. The number of hydrogen-bond acceptors (Lipinski definition) is 2. The quantitative estimate of drug-likeness (QED) is 0.722. The van der Waals surface area contributed by atoms with Crippen molar-refractivity contribution in [1.29, 1.82) is 0 Å². The molecular formula is C24H33NO. The number of rotatable bonds is 6. The van der Waals surface area contributed by atoms with Crippen molar-refractivity contribution in [3.8, 4) is 0 Å². The highest BCUT2D eigenvalue weighted by atomic mass is 16.3. The molecule has 26 heavy (non-hydrogen) atoms. The summed E-state index contributed by atoms with van der Waals surface area (Å²) in [6.45, 7) is 3.08.